The highest BCUT2D eigenvalue weighted by molar-refractivity contribution is 5.79. The van der Waals surface area contributed by atoms with Gasteiger partial charge in [0.1, 0.15) is 0 Å². The second kappa shape index (κ2) is 4.22. The van der Waals surface area contributed by atoms with Crippen LogP contribution in [0, 0.1) is 5.82 Å². The van der Waals surface area contributed by atoms with Gasteiger partial charge in [-0.05, 0) is 17.5 Å². The van der Waals surface area contributed by atoms with E-state index < -0.39 is 5.82 Å². The molecule has 0 amide bonds. The van der Waals surface area contributed by atoms with E-state index in [2.05, 4.69) is 0 Å². The average Bonchev–Trinajstić information content (AvgIpc) is 2.16. The van der Waals surface area contributed by atoms with Crippen LogP contribution in [0.2, 0.25) is 0 Å². The highest BCUT2D eigenvalue weighted by atomic mass is 19.1. The summed E-state index contributed by atoms with van der Waals surface area (Å²) >= 11 is 0. The molecule has 0 heterocycles. The number of methoxy groups -OCH3 is 1. The standard InChI is InChI=1S/C11H13FO2/c1-7(2)9-5-4-8(6-13)11(14-3)10(9)12/h4-7H,1-3H3. The molecule has 0 fully saturated rings. The Labute approximate surface area is 82.7 Å². The normalized spacial score (nSPS) is 10.4. The second-order valence-corrected chi connectivity index (χ2v) is 3.36. The molecule has 14 heavy (non-hydrogen) atoms. The third kappa shape index (κ3) is 1.76. The summed E-state index contributed by atoms with van der Waals surface area (Å²) in [5.74, 6) is -0.331. The average molecular weight is 196 g/mol. The van der Waals surface area contributed by atoms with Crippen molar-refractivity contribution in [1.82, 2.24) is 0 Å². The van der Waals surface area contributed by atoms with Gasteiger partial charge in [-0.3, -0.25) is 4.79 Å². The molecule has 0 unspecified atom stereocenters. The SMILES string of the molecule is COc1c(C=O)ccc(C(C)C)c1F. The maximum atomic E-state index is 13.7. The molecule has 76 valence electrons. The predicted octanol–water partition coefficient (Wildman–Crippen LogP) is 2.77. The quantitative estimate of drug-likeness (QED) is 0.695. The molecule has 1 aromatic carbocycles. The van der Waals surface area contributed by atoms with E-state index in [4.69, 9.17) is 4.74 Å². The Morgan fingerprint density at radius 1 is 1.43 bits per heavy atom. The van der Waals surface area contributed by atoms with Crippen molar-refractivity contribution in [3.63, 3.8) is 0 Å². The fraction of sp³-hybridized carbons (Fsp3) is 0.364. The molecule has 1 rings (SSSR count). The summed E-state index contributed by atoms with van der Waals surface area (Å²) in [6.45, 7) is 3.77. The van der Waals surface area contributed by atoms with Gasteiger partial charge in [-0.25, -0.2) is 4.39 Å². The lowest BCUT2D eigenvalue weighted by Gasteiger charge is -2.11. The van der Waals surface area contributed by atoms with Crippen molar-refractivity contribution in [1.29, 1.82) is 0 Å². The largest absolute Gasteiger partial charge is 0.493 e. The molecule has 0 spiro atoms. The van der Waals surface area contributed by atoms with Gasteiger partial charge >= 0.3 is 0 Å². The minimum absolute atomic E-state index is 0.0335. The van der Waals surface area contributed by atoms with E-state index in [1.807, 2.05) is 13.8 Å². The van der Waals surface area contributed by atoms with E-state index >= 15 is 0 Å². The number of aldehydes is 1. The number of ether oxygens (including phenoxy) is 1. The number of hydrogen-bond acceptors (Lipinski definition) is 2. The Morgan fingerprint density at radius 2 is 2.07 bits per heavy atom. The molecule has 1 aromatic rings. The molecular formula is C11H13FO2. The number of hydrogen-bond donors (Lipinski definition) is 0. The third-order valence-electron chi connectivity index (χ3n) is 2.11. The third-order valence-corrected chi connectivity index (χ3v) is 2.11. The molecule has 0 bridgehead atoms. The molecule has 0 aliphatic heterocycles. The first-order valence-electron chi connectivity index (χ1n) is 4.43. The zero-order valence-corrected chi connectivity index (χ0v) is 8.50. The van der Waals surface area contributed by atoms with Gasteiger partial charge < -0.3 is 4.74 Å². The van der Waals surface area contributed by atoms with Crippen molar-refractivity contribution in [2.75, 3.05) is 7.11 Å². The van der Waals surface area contributed by atoms with Crippen LogP contribution in [-0.2, 0) is 0 Å². The summed E-state index contributed by atoms with van der Waals surface area (Å²) < 4.78 is 18.5. The summed E-state index contributed by atoms with van der Waals surface area (Å²) in [5, 5.41) is 0. The zero-order valence-electron chi connectivity index (χ0n) is 8.50. The van der Waals surface area contributed by atoms with E-state index in [9.17, 15) is 9.18 Å². The minimum Gasteiger partial charge on any atom is -0.493 e. The Kier molecular flexibility index (Phi) is 3.23. The van der Waals surface area contributed by atoms with Gasteiger partial charge in [-0.1, -0.05) is 19.9 Å². The van der Waals surface area contributed by atoms with Crippen molar-refractivity contribution >= 4 is 6.29 Å². The molecule has 3 heteroatoms. The first-order valence-corrected chi connectivity index (χ1v) is 4.43. The molecule has 0 N–H and O–H groups in total. The van der Waals surface area contributed by atoms with Gasteiger partial charge in [-0.15, -0.1) is 0 Å². The summed E-state index contributed by atoms with van der Waals surface area (Å²) in [5.41, 5.74) is 0.807. The van der Waals surface area contributed by atoms with E-state index in [1.165, 1.54) is 7.11 Å². The van der Waals surface area contributed by atoms with Crippen LogP contribution in [-0.4, -0.2) is 13.4 Å². The van der Waals surface area contributed by atoms with Gasteiger partial charge in [-0.2, -0.15) is 0 Å². The summed E-state index contributed by atoms with van der Waals surface area (Å²) in [6.07, 6.45) is 0.589. The Bertz CT molecular complexity index is 345. The Balaban J connectivity index is 3.34. The molecule has 0 aliphatic carbocycles. The predicted molar refractivity (Wildman–Crippen MR) is 52.4 cm³/mol. The smallest absolute Gasteiger partial charge is 0.169 e. The van der Waals surface area contributed by atoms with Gasteiger partial charge in [0.05, 0.1) is 12.7 Å². The monoisotopic (exact) mass is 196 g/mol. The maximum Gasteiger partial charge on any atom is 0.169 e. The summed E-state index contributed by atoms with van der Waals surface area (Å²) in [6, 6.07) is 3.19. The van der Waals surface area contributed by atoms with Crippen LogP contribution in [0.1, 0.15) is 35.7 Å². The lowest BCUT2D eigenvalue weighted by atomic mass is 10.0. The van der Waals surface area contributed by atoms with Gasteiger partial charge in [0.25, 0.3) is 0 Å². The second-order valence-electron chi connectivity index (χ2n) is 3.36. The summed E-state index contributed by atoms with van der Waals surface area (Å²) in [7, 11) is 1.36. The molecule has 0 saturated heterocycles. The van der Waals surface area contributed by atoms with Crippen LogP contribution in [0.4, 0.5) is 4.39 Å². The first kappa shape index (κ1) is 10.7. The molecule has 0 aliphatic rings. The molecule has 0 saturated carbocycles. The minimum atomic E-state index is -0.438. The van der Waals surface area contributed by atoms with E-state index in [1.54, 1.807) is 12.1 Å². The van der Waals surface area contributed by atoms with Crippen molar-refractivity contribution in [2.24, 2.45) is 0 Å². The Hall–Kier alpha value is -1.38. The van der Waals surface area contributed by atoms with Crippen molar-refractivity contribution in [3.8, 4) is 5.75 Å². The first-order chi connectivity index (χ1) is 6.61. The number of carbonyl (C=O) groups is 1. The fourth-order valence-electron chi connectivity index (χ4n) is 1.33. The number of rotatable bonds is 3. The topological polar surface area (TPSA) is 26.3 Å². The van der Waals surface area contributed by atoms with E-state index in [0.717, 1.165) is 0 Å². The summed E-state index contributed by atoms with van der Waals surface area (Å²) in [4.78, 5) is 10.6. The highest BCUT2D eigenvalue weighted by Gasteiger charge is 2.15. The van der Waals surface area contributed by atoms with Crippen LogP contribution < -0.4 is 4.74 Å². The lowest BCUT2D eigenvalue weighted by molar-refractivity contribution is 0.111. The van der Waals surface area contributed by atoms with Gasteiger partial charge in [0.15, 0.2) is 17.9 Å². The number of halogens is 1. The number of carbonyl (C=O) groups excluding carboxylic acids is 1. The lowest BCUT2D eigenvalue weighted by Crippen LogP contribution is -2.00. The van der Waals surface area contributed by atoms with Crippen molar-refractivity contribution in [2.45, 2.75) is 19.8 Å². The molecule has 0 radical (unpaired) electrons. The molecular weight excluding hydrogens is 183 g/mol. The van der Waals surface area contributed by atoms with Gasteiger partial charge in [0, 0.05) is 0 Å². The van der Waals surface area contributed by atoms with E-state index in [-0.39, 0.29) is 17.2 Å². The van der Waals surface area contributed by atoms with Gasteiger partial charge in [0.2, 0.25) is 0 Å². The Morgan fingerprint density at radius 3 is 2.50 bits per heavy atom. The van der Waals surface area contributed by atoms with Crippen LogP contribution >= 0.6 is 0 Å². The molecule has 0 atom stereocenters. The van der Waals surface area contributed by atoms with Crippen LogP contribution in [0.25, 0.3) is 0 Å². The van der Waals surface area contributed by atoms with E-state index in [0.29, 0.717) is 11.8 Å². The highest BCUT2D eigenvalue weighted by Crippen LogP contribution is 2.28. The number of benzene rings is 1. The van der Waals surface area contributed by atoms with Crippen LogP contribution in [0.5, 0.6) is 5.75 Å². The maximum absolute atomic E-state index is 13.7. The van der Waals surface area contributed by atoms with Crippen LogP contribution in [0.15, 0.2) is 12.1 Å². The zero-order chi connectivity index (χ0) is 10.7. The van der Waals surface area contributed by atoms with Crippen molar-refractivity contribution in [3.05, 3.63) is 29.1 Å². The fourth-order valence-corrected chi connectivity index (χ4v) is 1.33. The van der Waals surface area contributed by atoms with Crippen LogP contribution in [0.3, 0.4) is 0 Å². The van der Waals surface area contributed by atoms with Crippen molar-refractivity contribution < 1.29 is 13.9 Å². The molecule has 0 aromatic heterocycles. The molecule has 2 nitrogen and oxygen atoms in total.